The molecule has 0 fully saturated rings. The maximum Gasteiger partial charge on any atom is 0.251 e. The van der Waals surface area contributed by atoms with Gasteiger partial charge in [-0.15, -0.1) is 0 Å². The van der Waals surface area contributed by atoms with Gasteiger partial charge < -0.3 is 15.7 Å². The van der Waals surface area contributed by atoms with E-state index in [1.165, 1.54) is 11.1 Å². The van der Waals surface area contributed by atoms with Gasteiger partial charge in [0.2, 0.25) is 0 Å². The van der Waals surface area contributed by atoms with Crippen LogP contribution in [0.25, 0.3) is 0 Å². The number of aliphatic hydroxyl groups excluding tert-OH is 1. The second kappa shape index (κ2) is 6.58. The van der Waals surface area contributed by atoms with Crippen LogP contribution in [-0.2, 0) is 13.0 Å². The summed E-state index contributed by atoms with van der Waals surface area (Å²) in [6.07, 6.45) is 1.18. The Morgan fingerprint density at radius 3 is 2.86 bits per heavy atom. The first kappa shape index (κ1) is 16.0. The molecular weight excluding hydrogens is 264 g/mol. The molecule has 0 spiro atoms. The lowest BCUT2D eigenvalue weighted by atomic mass is 9.89. The lowest BCUT2D eigenvalue weighted by molar-refractivity contribution is 0.0868. The molecule has 1 atom stereocenters. The maximum atomic E-state index is 12.2. The van der Waals surface area contributed by atoms with Crippen LogP contribution >= 0.6 is 0 Å². The van der Waals surface area contributed by atoms with Crippen LogP contribution in [0.3, 0.4) is 0 Å². The van der Waals surface area contributed by atoms with E-state index in [-0.39, 0.29) is 11.3 Å². The Morgan fingerprint density at radius 2 is 2.14 bits per heavy atom. The van der Waals surface area contributed by atoms with Crippen LogP contribution in [0.4, 0.5) is 0 Å². The van der Waals surface area contributed by atoms with Crippen LogP contribution < -0.4 is 10.6 Å². The Kier molecular flexibility index (Phi) is 5.01. The molecule has 0 radical (unpaired) electrons. The quantitative estimate of drug-likeness (QED) is 0.793. The average molecular weight is 290 g/mol. The van der Waals surface area contributed by atoms with E-state index in [2.05, 4.69) is 31.4 Å². The van der Waals surface area contributed by atoms with E-state index >= 15 is 0 Å². The highest BCUT2D eigenvalue weighted by molar-refractivity contribution is 5.94. The molecule has 3 N–H and O–H groups in total. The molecule has 1 aliphatic rings. The van der Waals surface area contributed by atoms with E-state index in [0.717, 1.165) is 19.5 Å². The molecule has 1 heterocycles. The number of benzene rings is 1. The number of hydrogen-bond acceptors (Lipinski definition) is 3. The number of aliphatic hydroxyl groups is 1. The van der Waals surface area contributed by atoms with Crippen molar-refractivity contribution in [1.82, 2.24) is 10.6 Å². The van der Waals surface area contributed by atoms with Crippen molar-refractivity contribution in [1.29, 1.82) is 0 Å². The van der Waals surface area contributed by atoms with Crippen LogP contribution in [0.2, 0.25) is 0 Å². The fourth-order valence-corrected chi connectivity index (χ4v) is 2.71. The van der Waals surface area contributed by atoms with E-state index < -0.39 is 6.10 Å². The largest absolute Gasteiger partial charge is 0.391 e. The van der Waals surface area contributed by atoms with Gasteiger partial charge in [0, 0.05) is 18.7 Å². The smallest absolute Gasteiger partial charge is 0.251 e. The highest BCUT2D eigenvalue weighted by atomic mass is 16.3. The van der Waals surface area contributed by atoms with Gasteiger partial charge in [-0.3, -0.25) is 4.79 Å². The first-order valence-electron chi connectivity index (χ1n) is 7.64. The van der Waals surface area contributed by atoms with E-state index in [4.69, 9.17) is 0 Å². The number of hydrogen-bond donors (Lipinski definition) is 3. The SMILES string of the molecule is CC(C)(C)CC(O)CNC(=O)c1ccc2c(c1)CNCC2. The van der Waals surface area contributed by atoms with Crippen molar-refractivity contribution in [3.05, 3.63) is 34.9 Å². The summed E-state index contributed by atoms with van der Waals surface area (Å²) in [7, 11) is 0. The summed E-state index contributed by atoms with van der Waals surface area (Å²) in [5.41, 5.74) is 3.24. The molecule has 2 rings (SSSR count). The Morgan fingerprint density at radius 1 is 1.38 bits per heavy atom. The molecule has 0 saturated carbocycles. The third-order valence-corrected chi connectivity index (χ3v) is 3.70. The minimum Gasteiger partial charge on any atom is -0.391 e. The number of amides is 1. The normalized spacial score (nSPS) is 16.2. The first-order chi connectivity index (χ1) is 9.85. The summed E-state index contributed by atoms with van der Waals surface area (Å²) in [5.74, 6) is -0.115. The summed E-state index contributed by atoms with van der Waals surface area (Å²) >= 11 is 0. The summed E-state index contributed by atoms with van der Waals surface area (Å²) in [5, 5.41) is 16.1. The Hall–Kier alpha value is -1.39. The topological polar surface area (TPSA) is 61.4 Å². The minimum absolute atomic E-state index is 0.0572. The van der Waals surface area contributed by atoms with Gasteiger partial charge in [0.05, 0.1) is 6.10 Å². The molecule has 1 amide bonds. The molecule has 1 aromatic carbocycles. The number of carbonyl (C=O) groups is 1. The fraction of sp³-hybridized carbons (Fsp3) is 0.588. The molecule has 21 heavy (non-hydrogen) atoms. The predicted octanol–water partition coefficient (Wildman–Crippen LogP) is 1.86. The summed E-state index contributed by atoms with van der Waals surface area (Å²) in [6.45, 7) is 8.35. The summed E-state index contributed by atoms with van der Waals surface area (Å²) in [4.78, 5) is 12.2. The zero-order chi connectivity index (χ0) is 15.5. The summed E-state index contributed by atoms with van der Waals surface area (Å²) < 4.78 is 0. The molecular formula is C17H26N2O2. The van der Waals surface area contributed by atoms with Crippen LogP contribution in [0, 0.1) is 5.41 Å². The molecule has 116 valence electrons. The van der Waals surface area contributed by atoms with Gasteiger partial charge in [-0.2, -0.15) is 0 Å². The molecule has 0 saturated heterocycles. The number of carbonyl (C=O) groups excluding carboxylic acids is 1. The van der Waals surface area contributed by atoms with Gasteiger partial charge in [-0.25, -0.2) is 0 Å². The van der Waals surface area contributed by atoms with E-state index in [1.54, 1.807) is 0 Å². The summed E-state index contributed by atoms with van der Waals surface area (Å²) in [6, 6.07) is 5.86. The molecule has 1 unspecified atom stereocenters. The van der Waals surface area contributed by atoms with Crippen LogP contribution in [-0.4, -0.2) is 30.2 Å². The predicted molar refractivity (Wildman–Crippen MR) is 84.3 cm³/mol. The van der Waals surface area contributed by atoms with Crippen molar-refractivity contribution in [2.75, 3.05) is 13.1 Å². The zero-order valence-corrected chi connectivity index (χ0v) is 13.2. The molecule has 1 aliphatic heterocycles. The number of fused-ring (bicyclic) bond motifs is 1. The highest BCUT2D eigenvalue weighted by Crippen LogP contribution is 2.20. The second-order valence-corrected chi connectivity index (χ2v) is 7.04. The van der Waals surface area contributed by atoms with Gasteiger partial charge in [0.15, 0.2) is 0 Å². The second-order valence-electron chi connectivity index (χ2n) is 7.04. The van der Waals surface area contributed by atoms with Crippen molar-refractivity contribution in [3.8, 4) is 0 Å². The van der Waals surface area contributed by atoms with Crippen molar-refractivity contribution in [3.63, 3.8) is 0 Å². The van der Waals surface area contributed by atoms with Gasteiger partial charge >= 0.3 is 0 Å². The highest BCUT2D eigenvalue weighted by Gasteiger charge is 2.18. The van der Waals surface area contributed by atoms with Crippen molar-refractivity contribution in [2.45, 2.75) is 46.3 Å². The van der Waals surface area contributed by atoms with E-state index in [1.807, 2.05) is 18.2 Å². The Balaban J connectivity index is 1.91. The molecule has 1 aromatic rings. The van der Waals surface area contributed by atoms with E-state index in [9.17, 15) is 9.90 Å². The van der Waals surface area contributed by atoms with Gasteiger partial charge in [0.25, 0.3) is 5.91 Å². The third-order valence-electron chi connectivity index (χ3n) is 3.70. The van der Waals surface area contributed by atoms with Crippen LogP contribution in [0.15, 0.2) is 18.2 Å². The molecule has 0 aromatic heterocycles. The Labute approximate surface area is 126 Å². The van der Waals surface area contributed by atoms with Gasteiger partial charge in [-0.05, 0) is 48.1 Å². The lowest BCUT2D eigenvalue weighted by Gasteiger charge is -2.22. The monoisotopic (exact) mass is 290 g/mol. The van der Waals surface area contributed by atoms with Crippen molar-refractivity contribution < 1.29 is 9.90 Å². The lowest BCUT2D eigenvalue weighted by Crippen LogP contribution is -2.34. The van der Waals surface area contributed by atoms with Gasteiger partial charge in [-0.1, -0.05) is 26.8 Å². The zero-order valence-electron chi connectivity index (χ0n) is 13.2. The fourth-order valence-electron chi connectivity index (χ4n) is 2.71. The standard InChI is InChI=1S/C17H26N2O2/c1-17(2,3)9-15(20)11-19-16(21)13-5-4-12-6-7-18-10-14(12)8-13/h4-5,8,15,18,20H,6-7,9-11H2,1-3H3,(H,19,21). The minimum atomic E-state index is -0.506. The number of nitrogens with one attached hydrogen (secondary N) is 2. The molecule has 4 heteroatoms. The van der Waals surface area contributed by atoms with Crippen LogP contribution in [0.1, 0.15) is 48.7 Å². The molecule has 0 bridgehead atoms. The average Bonchev–Trinajstić information content (AvgIpc) is 2.42. The maximum absolute atomic E-state index is 12.2. The first-order valence-corrected chi connectivity index (χ1v) is 7.64. The Bertz CT molecular complexity index is 506. The molecule has 4 nitrogen and oxygen atoms in total. The number of rotatable bonds is 4. The van der Waals surface area contributed by atoms with Crippen LogP contribution in [0.5, 0.6) is 0 Å². The van der Waals surface area contributed by atoms with Gasteiger partial charge in [0.1, 0.15) is 0 Å². The third kappa shape index (κ3) is 4.83. The molecule has 0 aliphatic carbocycles. The van der Waals surface area contributed by atoms with Crippen molar-refractivity contribution >= 4 is 5.91 Å². The van der Waals surface area contributed by atoms with Crippen molar-refractivity contribution in [2.24, 2.45) is 5.41 Å². The van der Waals surface area contributed by atoms with E-state index in [0.29, 0.717) is 18.5 Å².